The first-order chi connectivity index (χ1) is 7.83. The zero-order chi connectivity index (χ0) is 11.4. The van der Waals surface area contributed by atoms with Crippen molar-refractivity contribution in [1.29, 1.82) is 0 Å². The van der Waals surface area contributed by atoms with Crippen LogP contribution in [0.1, 0.15) is 5.69 Å². The first-order valence-electron chi connectivity index (χ1n) is 5.17. The van der Waals surface area contributed by atoms with Gasteiger partial charge in [-0.1, -0.05) is 6.07 Å². The minimum atomic E-state index is 0.775. The summed E-state index contributed by atoms with van der Waals surface area (Å²) in [6, 6.07) is 9.82. The van der Waals surface area contributed by atoms with Gasteiger partial charge >= 0.3 is 0 Å². The van der Waals surface area contributed by atoms with E-state index in [1.54, 1.807) is 7.11 Å². The van der Waals surface area contributed by atoms with Crippen LogP contribution < -0.4 is 10.1 Å². The first-order valence-corrected chi connectivity index (χ1v) is 5.17. The average Bonchev–Trinajstić information content (AvgIpc) is 2.78. The number of nitrogens with one attached hydrogen (secondary N) is 1. The van der Waals surface area contributed by atoms with Gasteiger partial charge in [0.2, 0.25) is 0 Å². The maximum absolute atomic E-state index is 5.18. The number of hydrogen-bond donors (Lipinski definition) is 1. The molecule has 4 heteroatoms. The van der Waals surface area contributed by atoms with Crippen LogP contribution in [0, 0.1) is 0 Å². The standard InChI is InChI=1S/C12H15N3O/c1-13-9-10-6-7-15(14-10)11-4-3-5-12(8-11)16-2/h3-8,13H,9H2,1-2H3. The first kappa shape index (κ1) is 10.7. The van der Waals surface area contributed by atoms with E-state index in [4.69, 9.17) is 4.74 Å². The quantitative estimate of drug-likeness (QED) is 0.845. The van der Waals surface area contributed by atoms with Gasteiger partial charge in [0, 0.05) is 18.8 Å². The van der Waals surface area contributed by atoms with Crippen molar-refractivity contribution in [2.24, 2.45) is 0 Å². The minimum Gasteiger partial charge on any atom is -0.497 e. The largest absolute Gasteiger partial charge is 0.497 e. The molecule has 2 aromatic rings. The van der Waals surface area contributed by atoms with Gasteiger partial charge < -0.3 is 10.1 Å². The molecule has 16 heavy (non-hydrogen) atoms. The Balaban J connectivity index is 2.27. The molecular weight excluding hydrogens is 202 g/mol. The van der Waals surface area contributed by atoms with Crippen molar-refractivity contribution in [1.82, 2.24) is 15.1 Å². The number of benzene rings is 1. The smallest absolute Gasteiger partial charge is 0.121 e. The molecule has 1 N–H and O–H groups in total. The summed E-state index contributed by atoms with van der Waals surface area (Å²) in [7, 11) is 3.57. The van der Waals surface area contributed by atoms with Crippen molar-refractivity contribution < 1.29 is 4.74 Å². The molecule has 1 heterocycles. The van der Waals surface area contributed by atoms with Crippen LogP contribution in [0.15, 0.2) is 36.5 Å². The van der Waals surface area contributed by atoms with E-state index in [-0.39, 0.29) is 0 Å². The van der Waals surface area contributed by atoms with E-state index in [2.05, 4.69) is 10.4 Å². The summed E-state index contributed by atoms with van der Waals surface area (Å²) in [5, 5.41) is 7.52. The fourth-order valence-corrected chi connectivity index (χ4v) is 1.53. The Bertz CT molecular complexity index is 465. The van der Waals surface area contributed by atoms with E-state index in [9.17, 15) is 0 Å². The molecule has 0 bridgehead atoms. The number of aromatic nitrogens is 2. The number of ether oxygens (including phenoxy) is 1. The highest BCUT2D eigenvalue weighted by Crippen LogP contribution is 2.15. The molecule has 0 spiro atoms. The van der Waals surface area contributed by atoms with Crippen LogP contribution >= 0.6 is 0 Å². The van der Waals surface area contributed by atoms with E-state index in [1.807, 2.05) is 48.3 Å². The fourth-order valence-electron chi connectivity index (χ4n) is 1.53. The Morgan fingerprint density at radius 1 is 1.38 bits per heavy atom. The van der Waals surface area contributed by atoms with Crippen molar-refractivity contribution in [2.45, 2.75) is 6.54 Å². The summed E-state index contributed by atoms with van der Waals surface area (Å²) in [5.74, 6) is 0.836. The van der Waals surface area contributed by atoms with E-state index >= 15 is 0 Å². The van der Waals surface area contributed by atoms with Crippen molar-refractivity contribution in [3.05, 3.63) is 42.2 Å². The summed E-state index contributed by atoms with van der Waals surface area (Å²) in [4.78, 5) is 0. The summed E-state index contributed by atoms with van der Waals surface area (Å²) in [6.07, 6.45) is 1.95. The Hall–Kier alpha value is -1.81. The predicted molar refractivity (Wildman–Crippen MR) is 62.9 cm³/mol. The molecule has 0 saturated carbocycles. The lowest BCUT2D eigenvalue weighted by molar-refractivity contribution is 0.414. The monoisotopic (exact) mass is 217 g/mol. The van der Waals surface area contributed by atoms with E-state index in [0.29, 0.717) is 0 Å². The fraction of sp³-hybridized carbons (Fsp3) is 0.250. The van der Waals surface area contributed by atoms with Gasteiger partial charge in [-0.25, -0.2) is 4.68 Å². The lowest BCUT2D eigenvalue weighted by Crippen LogP contribution is -2.06. The Morgan fingerprint density at radius 2 is 2.25 bits per heavy atom. The second-order valence-electron chi connectivity index (χ2n) is 3.48. The van der Waals surface area contributed by atoms with Gasteiger partial charge in [0.15, 0.2) is 0 Å². The van der Waals surface area contributed by atoms with E-state index < -0.39 is 0 Å². The molecule has 0 aliphatic heterocycles. The van der Waals surface area contributed by atoms with Gasteiger partial charge in [0.25, 0.3) is 0 Å². The average molecular weight is 217 g/mol. The third-order valence-corrected chi connectivity index (χ3v) is 2.32. The molecule has 0 saturated heterocycles. The van der Waals surface area contributed by atoms with Crippen LogP contribution in [0.2, 0.25) is 0 Å². The molecule has 1 aromatic carbocycles. The molecule has 0 aliphatic carbocycles. The van der Waals surface area contributed by atoms with Crippen molar-refractivity contribution in [3.63, 3.8) is 0 Å². The Kier molecular flexibility index (Phi) is 3.22. The van der Waals surface area contributed by atoms with Gasteiger partial charge in [0.05, 0.1) is 18.5 Å². The highest BCUT2D eigenvalue weighted by atomic mass is 16.5. The van der Waals surface area contributed by atoms with Crippen LogP contribution in [-0.2, 0) is 6.54 Å². The number of rotatable bonds is 4. The normalized spacial score (nSPS) is 10.4. The highest BCUT2D eigenvalue weighted by Gasteiger charge is 2.01. The lowest BCUT2D eigenvalue weighted by Gasteiger charge is -2.04. The highest BCUT2D eigenvalue weighted by molar-refractivity contribution is 5.38. The van der Waals surface area contributed by atoms with Crippen LogP contribution in [0.4, 0.5) is 0 Å². The van der Waals surface area contributed by atoms with Gasteiger partial charge in [-0.3, -0.25) is 0 Å². The van der Waals surface area contributed by atoms with Crippen molar-refractivity contribution in [3.8, 4) is 11.4 Å². The molecule has 2 rings (SSSR count). The maximum atomic E-state index is 5.18. The zero-order valence-electron chi connectivity index (χ0n) is 9.47. The van der Waals surface area contributed by atoms with Crippen LogP contribution in [-0.4, -0.2) is 23.9 Å². The third kappa shape index (κ3) is 2.23. The molecule has 0 radical (unpaired) electrons. The summed E-state index contributed by atoms with van der Waals surface area (Å²) < 4.78 is 7.02. The van der Waals surface area contributed by atoms with Crippen LogP contribution in [0.5, 0.6) is 5.75 Å². The second kappa shape index (κ2) is 4.81. The van der Waals surface area contributed by atoms with E-state index in [0.717, 1.165) is 23.7 Å². The van der Waals surface area contributed by atoms with Crippen LogP contribution in [0.25, 0.3) is 5.69 Å². The summed E-state index contributed by atoms with van der Waals surface area (Å²) >= 11 is 0. The topological polar surface area (TPSA) is 39.1 Å². The Labute approximate surface area is 94.9 Å². The molecule has 84 valence electrons. The lowest BCUT2D eigenvalue weighted by atomic mass is 10.3. The molecule has 0 unspecified atom stereocenters. The summed E-state index contributed by atoms with van der Waals surface area (Å²) in [5.41, 5.74) is 2.02. The maximum Gasteiger partial charge on any atom is 0.121 e. The molecule has 1 aromatic heterocycles. The van der Waals surface area contributed by atoms with Crippen molar-refractivity contribution in [2.75, 3.05) is 14.2 Å². The van der Waals surface area contributed by atoms with Crippen LogP contribution in [0.3, 0.4) is 0 Å². The number of nitrogens with zero attached hydrogens (tertiary/aromatic N) is 2. The molecule has 0 aliphatic rings. The minimum absolute atomic E-state index is 0.775. The molecule has 0 amide bonds. The zero-order valence-corrected chi connectivity index (χ0v) is 9.47. The van der Waals surface area contributed by atoms with Gasteiger partial charge in [-0.15, -0.1) is 0 Å². The predicted octanol–water partition coefficient (Wildman–Crippen LogP) is 1.60. The number of hydrogen-bond acceptors (Lipinski definition) is 3. The van der Waals surface area contributed by atoms with Gasteiger partial charge in [0.1, 0.15) is 5.75 Å². The molecule has 4 nitrogen and oxygen atoms in total. The second-order valence-corrected chi connectivity index (χ2v) is 3.48. The SMILES string of the molecule is CNCc1ccn(-c2cccc(OC)c2)n1. The third-order valence-electron chi connectivity index (χ3n) is 2.32. The molecular formula is C12H15N3O. The Morgan fingerprint density at radius 3 is 3.00 bits per heavy atom. The van der Waals surface area contributed by atoms with Gasteiger partial charge in [-0.05, 0) is 25.2 Å². The summed E-state index contributed by atoms with van der Waals surface area (Å²) in [6.45, 7) is 0.775. The molecule has 0 fully saturated rings. The van der Waals surface area contributed by atoms with Gasteiger partial charge in [-0.2, -0.15) is 5.10 Å². The number of methoxy groups -OCH3 is 1. The van der Waals surface area contributed by atoms with Crippen molar-refractivity contribution >= 4 is 0 Å². The van der Waals surface area contributed by atoms with E-state index in [1.165, 1.54) is 0 Å². The molecule has 0 atom stereocenters.